The van der Waals surface area contributed by atoms with Gasteiger partial charge in [0, 0.05) is 48.7 Å². The van der Waals surface area contributed by atoms with E-state index in [-0.39, 0.29) is 16.9 Å². The Hall–Kier alpha value is -3.20. The maximum Gasteiger partial charge on any atom is 0.264 e. The molecule has 2 aromatic carbocycles. The predicted molar refractivity (Wildman–Crippen MR) is 144 cm³/mol. The van der Waals surface area contributed by atoms with Gasteiger partial charge >= 0.3 is 0 Å². The summed E-state index contributed by atoms with van der Waals surface area (Å²) in [6.07, 6.45) is 3.11. The number of carbonyl (C=O) groups excluding carboxylic acids is 2. The normalized spacial score (nSPS) is 13.7. The number of anilines is 2. The van der Waals surface area contributed by atoms with E-state index in [1.54, 1.807) is 18.2 Å². The predicted octanol–water partition coefficient (Wildman–Crippen LogP) is 4.89. The SMILES string of the molecule is O=C(C=Cc1ccc(Cl)cc1)NC(=S)Nc1ccc(N2CCN(C(=O)c3cccs3)CC2)cc1. The van der Waals surface area contributed by atoms with Crippen molar-refractivity contribution in [3.8, 4) is 0 Å². The van der Waals surface area contributed by atoms with E-state index in [2.05, 4.69) is 15.5 Å². The molecule has 1 aliphatic rings. The monoisotopic (exact) mass is 510 g/mol. The van der Waals surface area contributed by atoms with Crippen molar-refractivity contribution in [1.29, 1.82) is 0 Å². The Bertz CT molecular complexity index is 1170. The number of hydrogen-bond acceptors (Lipinski definition) is 5. The van der Waals surface area contributed by atoms with Crippen LogP contribution in [-0.2, 0) is 4.79 Å². The molecule has 174 valence electrons. The minimum Gasteiger partial charge on any atom is -0.368 e. The second kappa shape index (κ2) is 11.3. The highest BCUT2D eigenvalue weighted by molar-refractivity contribution is 7.80. The molecule has 0 unspecified atom stereocenters. The van der Waals surface area contributed by atoms with Crippen LogP contribution in [0.15, 0.2) is 72.1 Å². The molecule has 0 spiro atoms. The zero-order valence-corrected chi connectivity index (χ0v) is 20.6. The molecule has 1 saturated heterocycles. The summed E-state index contributed by atoms with van der Waals surface area (Å²) in [5.74, 6) is -0.216. The average Bonchev–Trinajstić information content (AvgIpc) is 3.39. The molecule has 6 nitrogen and oxygen atoms in total. The van der Waals surface area contributed by atoms with Gasteiger partial charge in [-0.3, -0.25) is 14.9 Å². The number of carbonyl (C=O) groups is 2. The van der Waals surface area contributed by atoms with Gasteiger partial charge in [0.2, 0.25) is 5.91 Å². The summed E-state index contributed by atoms with van der Waals surface area (Å²) in [6.45, 7) is 2.93. The first-order chi connectivity index (χ1) is 16.5. The fourth-order valence-electron chi connectivity index (χ4n) is 3.54. The van der Waals surface area contributed by atoms with Crippen LogP contribution in [0.5, 0.6) is 0 Å². The van der Waals surface area contributed by atoms with E-state index in [1.807, 2.05) is 58.8 Å². The lowest BCUT2D eigenvalue weighted by atomic mass is 10.2. The molecule has 0 atom stereocenters. The van der Waals surface area contributed by atoms with Crippen molar-refractivity contribution in [3.05, 3.63) is 87.6 Å². The first kappa shape index (κ1) is 23.9. The lowest BCUT2D eigenvalue weighted by Gasteiger charge is -2.36. The Labute approximate surface area is 212 Å². The molecule has 9 heteroatoms. The van der Waals surface area contributed by atoms with E-state index in [0.717, 1.165) is 34.9 Å². The van der Waals surface area contributed by atoms with Gasteiger partial charge in [-0.2, -0.15) is 0 Å². The van der Waals surface area contributed by atoms with Gasteiger partial charge in [-0.05, 0) is 71.7 Å². The summed E-state index contributed by atoms with van der Waals surface area (Å²) in [4.78, 5) is 29.6. The number of hydrogen-bond donors (Lipinski definition) is 2. The highest BCUT2D eigenvalue weighted by Crippen LogP contribution is 2.21. The molecule has 2 N–H and O–H groups in total. The van der Waals surface area contributed by atoms with Gasteiger partial charge in [0.1, 0.15) is 0 Å². The molecule has 3 aromatic rings. The quantitative estimate of drug-likeness (QED) is 0.378. The van der Waals surface area contributed by atoms with Crippen molar-refractivity contribution in [2.45, 2.75) is 0 Å². The molecule has 0 radical (unpaired) electrons. The van der Waals surface area contributed by atoms with Gasteiger partial charge in [-0.25, -0.2) is 0 Å². The van der Waals surface area contributed by atoms with E-state index in [9.17, 15) is 9.59 Å². The van der Waals surface area contributed by atoms with Crippen molar-refractivity contribution in [3.63, 3.8) is 0 Å². The summed E-state index contributed by atoms with van der Waals surface area (Å²) in [7, 11) is 0. The minimum absolute atomic E-state index is 0.104. The molecule has 1 aromatic heterocycles. The number of benzene rings is 2. The average molecular weight is 511 g/mol. The Morgan fingerprint density at radius 3 is 2.32 bits per heavy atom. The maximum atomic E-state index is 12.5. The largest absolute Gasteiger partial charge is 0.368 e. The number of halogens is 1. The smallest absolute Gasteiger partial charge is 0.264 e. The molecule has 2 amide bonds. The zero-order chi connectivity index (χ0) is 23.9. The van der Waals surface area contributed by atoms with Crippen LogP contribution in [0, 0.1) is 0 Å². The number of rotatable bonds is 5. The molecular weight excluding hydrogens is 488 g/mol. The van der Waals surface area contributed by atoms with Gasteiger partial charge in [0.15, 0.2) is 5.11 Å². The zero-order valence-electron chi connectivity index (χ0n) is 18.2. The van der Waals surface area contributed by atoms with Crippen LogP contribution in [0.2, 0.25) is 5.02 Å². The van der Waals surface area contributed by atoms with Gasteiger partial charge < -0.3 is 15.1 Å². The van der Waals surface area contributed by atoms with Crippen LogP contribution < -0.4 is 15.5 Å². The molecule has 0 saturated carbocycles. The molecule has 2 heterocycles. The molecule has 0 bridgehead atoms. The number of thiophene rings is 1. The summed E-state index contributed by atoms with van der Waals surface area (Å²) < 4.78 is 0. The van der Waals surface area contributed by atoms with Crippen molar-refractivity contribution in [1.82, 2.24) is 10.2 Å². The van der Waals surface area contributed by atoms with Crippen LogP contribution in [-0.4, -0.2) is 48.0 Å². The lowest BCUT2D eigenvalue weighted by Crippen LogP contribution is -2.48. The Kier molecular flexibility index (Phi) is 7.95. The van der Waals surface area contributed by atoms with E-state index < -0.39 is 0 Å². The highest BCUT2D eigenvalue weighted by Gasteiger charge is 2.22. The fourth-order valence-corrected chi connectivity index (χ4v) is 4.58. The van der Waals surface area contributed by atoms with Crippen LogP contribution in [0.25, 0.3) is 6.08 Å². The van der Waals surface area contributed by atoms with Crippen LogP contribution in [0.3, 0.4) is 0 Å². The minimum atomic E-state index is -0.320. The van der Waals surface area contributed by atoms with Crippen LogP contribution in [0.4, 0.5) is 11.4 Å². The molecule has 34 heavy (non-hydrogen) atoms. The summed E-state index contributed by atoms with van der Waals surface area (Å²) in [6, 6.07) is 18.8. The van der Waals surface area contributed by atoms with Crippen molar-refractivity contribution < 1.29 is 9.59 Å². The van der Waals surface area contributed by atoms with E-state index in [1.165, 1.54) is 17.4 Å². The molecule has 1 aliphatic heterocycles. The van der Waals surface area contributed by atoms with Crippen LogP contribution >= 0.6 is 35.2 Å². The maximum absolute atomic E-state index is 12.5. The topological polar surface area (TPSA) is 64.7 Å². The molecule has 0 aliphatic carbocycles. The number of nitrogens with zero attached hydrogens (tertiary/aromatic N) is 2. The summed E-state index contributed by atoms with van der Waals surface area (Å²) in [5.41, 5.74) is 2.72. The second-order valence-electron chi connectivity index (χ2n) is 7.63. The first-order valence-corrected chi connectivity index (χ1v) is 12.4. The van der Waals surface area contributed by atoms with Gasteiger partial charge in [-0.1, -0.05) is 29.8 Å². The summed E-state index contributed by atoms with van der Waals surface area (Å²) >= 11 is 12.6. The number of nitrogens with one attached hydrogen (secondary N) is 2. The van der Waals surface area contributed by atoms with Crippen molar-refractivity contribution in [2.24, 2.45) is 0 Å². The van der Waals surface area contributed by atoms with Crippen molar-refractivity contribution in [2.75, 3.05) is 36.4 Å². The number of piperazine rings is 1. The third kappa shape index (κ3) is 6.44. The number of thiocarbonyl (C=S) groups is 1. The Morgan fingerprint density at radius 1 is 0.971 bits per heavy atom. The third-order valence-corrected chi connectivity index (χ3v) is 6.64. The molecular formula is C25H23ClN4O2S2. The van der Waals surface area contributed by atoms with Gasteiger partial charge in [-0.15, -0.1) is 11.3 Å². The van der Waals surface area contributed by atoms with Crippen LogP contribution in [0.1, 0.15) is 15.2 Å². The summed E-state index contributed by atoms with van der Waals surface area (Å²) in [5, 5.41) is 8.45. The van der Waals surface area contributed by atoms with Crippen molar-refractivity contribution >= 4 is 69.5 Å². The third-order valence-electron chi connectivity index (χ3n) is 5.32. The van der Waals surface area contributed by atoms with Gasteiger partial charge in [0.25, 0.3) is 5.91 Å². The van der Waals surface area contributed by atoms with E-state index in [0.29, 0.717) is 18.1 Å². The first-order valence-electron chi connectivity index (χ1n) is 10.7. The lowest BCUT2D eigenvalue weighted by molar-refractivity contribution is -0.115. The van der Waals surface area contributed by atoms with E-state index >= 15 is 0 Å². The highest BCUT2D eigenvalue weighted by atomic mass is 35.5. The standard InChI is InChI=1S/C25H23ClN4O2S2/c26-19-6-3-18(4-7-19)5-12-23(31)28-25(33)27-20-8-10-21(11-9-20)29-13-15-30(16-14-29)24(32)22-2-1-17-34-22/h1-12,17H,13-16H2,(H2,27,28,31,33). The van der Waals surface area contributed by atoms with Gasteiger partial charge in [0.05, 0.1) is 4.88 Å². The van der Waals surface area contributed by atoms with E-state index in [4.69, 9.17) is 23.8 Å². The second-order valence-corrected chi connectivity index (χ2v) is 9.42. The molecule has 1 fully saturated rings. The Morgan fingerprint density at radius 2 is 1.68 bits per heavy atom. The fraction of sp³-hybridized carbons (Fsp3) is 0.160. The number of amides is 2. The molecule has 4 rings (SSSR count). The Balaban J connectivity index is 1.24.